The molecule has 1 N–H and O–H groups in total. The highest BCUT2D eigenvalue weighted by atomic mass is 79.9. The van der Waals surface area contributed by atoms with Crippen molar-refractivity contribution < 1.29 is 19.0 Å². The van der Waals surface area contributed by atoms with E-state index < -0.39 is 6.10 Å². The molecular formula is C21H20BrNO4. The van der Waals surface area contributed by atoms with Gasteiger partial charge < -0.3 is 19.5 Å². The fourth-order valence-corrected chi connectivity index (χ4v) is 3.06. The number of halogens is 1. The Balaban J connectivity index is 1.69. The molecule has 1 amide bonds. The normalized spacial score (nSPS) is 11.7. The van der Waals surface area contributed by atoms with Crippen LogP contribution in [0.4, 0.5) is 5.69 Å². The zero-order valence-corrected chi connectivity index (χ0v) is 16.9. The van der Waals surface area contributed by atoms with Crippen molar-refractivity contribution in [2.75, 3.05) is 19.5 Å². The fourth-order valence-electron chi connectivity index (χ4n) is 2.68. The second kappa shape index (κ2) is 8.31. The molecule has 3 aromatic rings. The quantitative estimate of drug-likeness (QED) is 0.597. The highest BCUT2D eigenvalue weighted by molar-refractivity contribution is 9.10. The van der Waals surface area contributed by atoms with Crippen LogP contribution in [0.3, 0.4) is 0 Å². The average molecular weight is 430 g/mol. The lowest BCUT2D eigenvalue weighted by molar-refractivity contribution is -0.122. The monoisotopic (exact) mass is 429 g/mol. The van der Waals surface area contributed by atoms with Gasteiger partial charge in [0.05, 0.1) is 14.2 Å². The van der Waals surface area contributed by atoms with Gasteiger partial charge >= 0.3 is 0 Å². The van der Waals surface area contributed by atoms with Gasteiger partial charge in [0.1, 0.15) is 5.75 Å². The van der Waals surface area contributed by atoms with Gasteiger partial charge in [-0.2, -0.15) is 0 Å². The Kier molecular flexibility index (Phi) is 5.86. The molecule has 1 unspecified atom stereocenters. The number of hydrogen-bond donors (Lipinski definition) is 1. The molecule has 0 aliphatic heterocycles. The minimum Gasteiger partial charge on any atom is -0.493 e. The van der Waals surface area contributed by atoms with Crippen LogP contribution in [0.1, 0.15) is 6.92 Å². The maximum Gasteiger partial charge on any atom is 0.265 e. The zero-order valence-electron chi connectivity index (χ0n) is 15.3. The molecule has 140 valence electrons. The van der Waals surface area contributed by atoms with Gasteiger partial charge in [-0.1, -0.05) is 28.1 Å². The van der Waals surface area contributed by atoms with Crippen molar-refractivity contribution in [3.8, 4) is 17.2 Å². The minimum atomic E-state index is -0.661. The molecular weight excluding hydrogens is 410 g/mol. The van der Waals surface area contributed by atoms with E-state index in [1.165, 1.54) is 0 Å². The van der Waals surface area contributed by atoms with Gasteiger partial charge in [0.15, 0.2) is 17.6 Å². The van der Waals surface area contributed by atoms with Gasteiger partial charge in [-0.15, -0.1) is 0 Å². The summed E-state index contributed by atoms with van der Waals surface area (Å²) in [5, 5.41) is 4.97. The van der Waals surface area contributed by atoms with E-state index in [1.54, 1.807) is 39.3 Å². The fraction of sp³-hybridized carbons (Fsp3) is 0.190. The number of methoxy groups -OCH3 is 2. The van der Waals surface area contributed by atoms with Crippen molar-refractivity contribution in [1.82, 2.24) is 0 Å². The van der Waals surface area contributed by atoms with Crippen molar-refractivity contribution in [2.24, 2.45) is 0 Å². The van der Waals surface area contributed by atoms with Crippen molar-refractivity contribution in [1.29, 1.82) is 0 Å². The van der Waals surface area contributed by atoms with Gasteiger partial charge in [0, 0.05) is 16.2 Å². The third-order valence-corrected chi connectivity index (χ3v) is 4.60. The smallest absolute Gasteiger partial charge is 0.265 e. The summed E-state index contributed by atoms with van der Waals surface area (Å²) in [6, 6.07) is 16.9. The first kappa shape index (κ1) is 19.0. The van der Waals surface area contributed by atoms with E-state index >= 15 is 0 Å². The third-order valence-electron chi connectivity index (χ3n) is 4.11. The van der Waals surface area contributed by atoms with E-state index in [2.05, 4.69) is 21.2 Å². The van der Waals surface area contributed by atoms with Gasteiger partial charge in [-0.05, 0) is 54.1 Å². The number of carbonyl (C=O) groups excluding carboxylic acids is 1. The summed E-state index contributed by atoms with van der Waals surface area (Å²) < 4.78 is 17.3. The highest BCUT2D eigenvalue weighted by Crippen LogP contribution is 2.30. The molecule has 0 spiro atoms. The maximum atomic E-state index is 12.5. The lowest BCUT2D eigenvalue weighted by Crippen LogP contribution is -2.30. The summed E-state index contributed by atoms with van der Waals surface area (Å²) in [6.07, 6.45) is -0.661. The largest absolute Gasteiger partial charge is 0.493 e. The molecule has 0 saturated heterocycles. The average Bonchev–Trinajstić information content (AvgIpc) is 2.67. The second-order valence-corrected chi connectivity index (χ2v) is 6.89. The molecule has 0 bridgehead atoms. The highest BCUT2D eigenvalue weighted by Gasteiger charge is 2.16. The van der Waals surface area contributed by atoms with Gasteiger partial charge in [0.25, 0.3) is 5.91 Å². The number of benzene rings is 3. The summed E-state index contributed by atoms with van der Waals surface area (Å²) in [7, 11) is 3.11. The molecule has 0 aliphatic carbocycles. The van der Waals surface area contributed by atoms with Crippen LogP contribution in [0, 0.1) is 0 Å². The van der Waals surface area contributed by atoms with Crippen molar-refractivity contribution in [3.05, 3.63) is 59.1 Å². The Labute approximate surface area is 166 Å². The Bertz CT molecular complexity index is 974. The molecule has 27 heavy (non-hydrogen) atoms. The number of rotatable bonds is 6. The predicted molar refractivity (Wildman–Crippen MR) is 110 cm³/mol. The van der Waals surface area contributed by atoms with E-state index in [0.717, 1.165) is 15.2 Å². The molecule has 5 nitrogen and oxygen atoms in total. The van der Waals surface area contributed by atoms with Crippen molar-refractivity contribution >= 4 is 38.3 Å². The van der Waals surface area contributed by atoms with E-state index in [1.807, 2.05) is 36.4 Å². The van der Waals surface area contributed by atoms with Crippen molar-refractivity contribution in [3.63, 3.8) is 0 Å². The summed E-state index contributed by atoms with van der Waals surface area (Å²) in [4.78, 5) is 12.5. The van der Waals surface area contributed by atoms with E-state index in [4.69, 9.17) is 14.2 Å². The summed E-state index contributed by atoms with van der Waals surface area (Å²) >= 11 is 3.46. The topological polar surface area (TPSA) is 56.8 Å². The second-order valence-electron chi connectivity index (χ2n) is 5.97. The Morgan fingerprint density at radius 1 is 0.926 bits per heavy atom. The molecule has 3 aromatic carbocycles. The Morgan fingerprint density at radius 2 is 1.63 bits per heavy atom. The van der Waals surface area contributed by atoms with Crippen LogP contribution in [-0.2, 0) is 4.79 Å². The van der Waals surface area contributed by atoms with Crippen LogP contribution >= 0.6 is 15.9 Å². The van der Waals surface area contributed by atoms with Crippen LogP contribution in [0.15, 0.2) is 59.1 Å². The van der Waals surface area contributed by atoms with Gasteiger partial charge in [-0.3, -0.25) is 4.79 Å². The van der Waals surface area contributed by atoms with Crippen LogP contribution < -0.4 is 19.5 Å². The lowest BCUT2D eigenvalue weighted by Gasteiger charge is -2.16. The van der Waals surface area contributed by atoms with Crippen molar-refractivity contribution in [2.45, 2.75) is 13.0 Å². The predicted octanol–water partition coefficient (Wildman–Crippen LogP) is 5.03. The number of anilines is 1. The van der Waals surface area contributed by atoms with E-state index in [9.17, 15) is 4.79 Å². The minimum absolute atomic E-state index is 0.252. The standard InChI is InChI=1S/C21H20BrNO4/c1-13(21(24)23-17-7-9-19(25-2)20(12-17)26-3)27-18-8-5-14-10-16(22)6-4-15(14)11-18/h4-13H,1-3H3,(H,23,24). The summed E-state index contributed by atoms with van der Waals surface area (Å²) in [5.74, 6) is 1.53. The zero-order chi connectivity index (χ0) is 19.4. The van der Waals surface area contributed by atoms with E-state index in [0.29, 0.717) is 22.9 Å². The first-order chi connectivity index (χ1) is 13.0. The molecule has 0 aliphatic rings. The molecule has 6 heteroatoms. The van der Waals surface area contributed by atoms with Crippen LogP contribution in [0.5, 0.6) is 17.2 Å². The number of nitrogens with one attached hydrogen (secondary N) is 1. The van der Waals surface area contributed by atoms with Gasteiger partial charge in [-0.25, -0.2) is 0 Å². The summed E-state index contributed by atoms with van der Waals surface area (Å²) in [6.45, 7) is 1.71. The number of amides is 1. The molecule has 0 heterocycles. The van der Waals surface area contributed by atoms with Gasteiger partial charge in [0.2, 0.25) is 0 Å². The summed E-state index contributed by atoms with van der Waals surface area (Å²) in [5.41, 5.74) is 0.608. The van der Waals surface area contributed by atoms with Crippen LogP contribution in [0.25, 0.3) is 10.8 Å². The molecule has 0 saturated carbocycles. The molecule has 0 radical (unpaired) electrons. The number of ether oxygens (including phenoxy) is 3. The first-order valence-electron chi connectivity index (χ1n) is 8.39. The third kappa shape index (κ3) is 4.52. The van der Waals surface area contributed by atoms with Crippen LogP contribution in [0.2, 0.25) is 0 Å². The Hall–Kier alpha value is -2.73. The maximum absolute atomic E-state index is 12.5. The molecule has 1 atom stereocenters. The number of carbonyl (C=O) groups is 1. The molecule has 0 aromatic heterocycles. The van der Waals surface area contributed by atoms with Crippen LogP contribution in [-0.4, -0.2) is 26.2 Å². The number of fused-ring (bicyclic) bond motifs is 1. The number of hydrogen-bond acceptors (Lipinski definition) is 4. The first-order valence-corrected chi connectivity index (χ1v) is 9.18. The lowest BCUT2D eigenvalue weighted by atomic mass is 10.1. The molecule has 0 fully saturated rings. The molecule has 3 rings (SSSR count). The SMILES string of the molecule is COc1ccc(NC(=O)C(C)Oc2ccc3cc(Br)ccc3c2)cc1OC. The Morgan fingerprint density at radius 3 is 2.37 bits per heavy atom. The van der Waals surface area contributed by atoms with E-state index in [-0.39, 0.29) is 5.91 Å².